The maximum Gasteiger partial charge on any atom is 0.203 e. The first-order valence-corrected chi connectivity index (χ1v) is 7.09. The van der Waals surface area contributed by atoms with E-state index in [-0.39, 0.29) is 16.8 Å². The van der Waals surface area contributed by atoms with Gasteiger partial charge in [0.15, 0.2) is 0 Å². The molecule has 1 aromatic carbocycles. The van der Waals surface area contributed by atoms with Crippen LogP contribution in [0.15, 0.2) is 54.4 Å². The summed E-state index contributed by atoms with van der Waals surface area (Å²) in [4.78, 5) is 16.4. The predicted octanol–water partition coefficient (Wildman–Crippen LogP) is 4.17. The zero-order valence-electron chi connectivity index (χ0n) is 13.0. The molecular formula is C19H18N2O. The maximum atomic E-state index is 12.4. The number of allylic oxidation sites excluding steroid dienone is 1. The summed E-state index contributed by atoms with van der Waals surface area (Å²) in [5.41, 5.74) is 2.61. The molecule has 0 aliphatic carbocycles. The van der Waals surface area contributed by atoms with E-state index in [9.17, 15) is 10.1 Å². The van der Waals surface area contributed by atoms with Crippen molar-refractivity contribution in [1.82, 2.24) is 4.98 Å². The minimum atomic E-state index is -0.264. The molecule has 0 N–H and O–H groups in total. The second-order valence-electron chi connectivity index (χ2n) is 6.11. The molecule has 2 aromatic rings. The van der Waals surface area contributed by atoms with Crippen LogP contribution < -0.4 is 0 Å². The third kappa shape index (κ3) is 3.67. The number of nitrogens with zero attached hydrogens (tertiary/aromatic N) is 2. The van der Waals surface area contributed by atoms with E-state index in [1.807, 2.05) is 18.2 Å². The monoisotopic (exact) mass is 290 g/mol. The molecule has 0 amide bonds. The number of aromatic nitrogens is 1. The van der Waals surface area contributed by atoms with Gasteiger partial charge in [0.05, 0.1) is 0 Å². The van der Waals surface area contributed by atoms with Gasteiger partial charge in [0.25, 0.3) is 0 Å². The van der Waals surface area contributed by atoms with Crippen molar-refractivity contribution in [3.8, 4) is 6.07 Å². The van der Waals surface area contributed by atoms with Gasteiger partial charge in [0.1, 0.15) is 11.6 Å². The highest BCUT2D eigenvalue weighted by molar-refractivity contribution is 6.14. The Kier molecular flexibility index (Phi) is 4.53. The molecule has 0 aliphatic rings. The van der Waals surface area contributed by atoms with E-state index in [1.165, 1.54) is 0 Å². The van der Waals surface area contributed by atoms with Gasteiger partial charge in [-0.15, -0.1) is 0 Å². The molecule has 1 aromatic heterocycles. The van der Waals surface area contributed by atoms with Crippen LogP contribution in [-0.4, -0.2) is 10.8 Å². The fourth-order valence-corrected chi connectivity index (χ4v) is 2.05. The van der Waals surface area contributed by atoms with Crippen LogP contribution in [0.1, 0.15) is 42.3 Å². The van der Waals surface area contributed by atoms with Gasteiger partial charge in [-0.25, -0.2) is 0 Å². The predicted molar refractivity (Wildman–Crippen MR) is 87.3 cm³/mol. The Bertz CT molecular complexity index is 730. The molecule has 0 unspecified atom stereocenters. The third-order valence-corrected chi connectivity index (χ3v) is 3.40. The van der Waals surface area contributed by atoms with Crippen LogP contribution >= 0.6 is 0 Å². The molecule has 0 aliphatic heterocycles. The first-order chi connectivity index (χ1) is 10.4. The van der Waals surface area contributed by atoms with Crippen molar-refractivity contribution < 1.29 is 4.79 Å². The SMILES string of the molecule is CC(C)(C)c1ccc(C(=O)/C(C#N)=C/c2ccncc2)cc1. The summed E-state index contributed by atoms with van der Waals surface area (Å²) in [7, 11) is 0. The summed E-state index contributed by atoms with van der Waals surface area (Å²) in [5.74, 6) is -0.264. The van der Waals surface area contributed by atoms with Crippen LogP contribution in [0.4, 0.5) is 0 Å². The van der Waals surface area contributed by atoms with Crippen LogP contribution in [0.2, 0.25) is 0 Å². The van der Waals surface area contributed by atoms with Crippen LogP contribution in [0.3, 0.4) is 0 Å². The van der Waals surface area contributed by atoms with Crippen molar-refractivity contribution in [3.63, 3.8) is 0 Å². The Morgan fingerprint density at radius 2 is 1.68 bits per heavy atom. The Morgan fingerprint density at radius 3 is 2.18 bits per heavy atom. The minimum Gasteiger partial charge on any atom is -0.288 e. The van der Waals surface area contributed by atoms with E-state index in [0.717, 1.165) is 11.1 Å². The lowest BCUT2D eigenvalue weighted by Crippen LogP contribution is -2.11. The zero-order chi connectivity index (χ0) is 16.2. The molecule has 110 valence electrons. The number of benzene rings is 1. The molecule has 0 fully saturated rings. The molecule has 0 saturated heterocycles. The zero-order valence-corrected chi connectivity index (χ0v) is 13.0. The molecular weight excluding hydrogens is 272 g/mol. The molecule has 3 nitrogen and oxygen atoms in total. The second-order valence-corrected chi connectivity index (χ2v) is 6.11. The highest BCUT2D eigenvalue weighted by atomic mass is 16.1. The second kappa shape index (κ2) is 6.36. The van der Waals surface area contributed by atoms with Crippen LogP contribution in [0, 0.1) is 11.3 Å². The van der Waals surface area contributed by atoms with Crippen molar-refractivity contribution in [3.05, 3.63) is 71.1 Å². The van der Waals surface area contributed by atoms with Gasteiger partial charge in [-0.1, -0.05) is 45.0 Å². The van der Waals surface area contributed by atoms with Crippen molar-refractivity contribution in [2.45, 2.75) is 26.2 Å². The fraction of sp³-hybridized carbons (Fsp3) is 0.211. The van der Waals surface area contributed by atoms with E-state index in [2.05, 4.69) is 25.8 Å². The smallest absolute Gasteiger partial charge is 0.203 e. The summed E-state index contributed by atoms with van der Waals surface area (Å²) in [6.07, 6.45) is 4.84. The summed E-state index contributed by atoms with van der Waals surface area (Å²) in [6.45, 7) is 6.36. The van der Waals surface area contributed by atoms with Gasteiger partial charge in [-0.2, -0.15) is 5.26 Å². The van der Waals surface area contributed by atoms with Gasteiger partial charge in [0, 0.05) is 18.0 Å². The highest BCUT2D eigenvalue weighted by Crippen LogP contribution is 2.23. The summed E-state index contributed by atoms with van der Waals surface area (Å²) >= 11 is 0. The lowest BCUT2D eigenvalue weighted by molar-refractivity contribution is 0.104. The first kappa shape index (κ1) is 15.7. The molecule has 0 saturated carbocycles. The molecule has 0 bridgehead atoms. The number of hydrogen-bond donors (Lipinski definition) is 0. The lowest BCUT2D eigenvalue weighted by atomic mass is 9.86. The topological polar surface area (TPSA) is 53.8 Å². The van der Waals surface area contributed by atoms with E-state index in [0.29, 0.717) is 5.56 Å². The number of rotatable bonds is 3. The molecule has 2 rings (SSSR count). The third-order valence-electron chi connectivity index (χ3n) is 3.40. The Morgan fingerprint density at radius 1 is 1.09 bits per heavy atom. The van der Waals surface area contributed by atoms with Crippen molar-refractivity contribution >= 4 is 11.9 Å². The van der Waals surface area contributed by atoms with Gasteiger partial charge in [0.2, 0.25) is 5.78 Å². The van der Waals surface area contributed by atoms with Crippen molar-refractivity contribution in [1.29, 1.82) is 5.26 Å². The summed E-state index contributed by atoms with van der Waals surface area (Å²) in [6, 6.07) is 12.9. The van der Waals surface area contributed by atoms with Crippen LogP contribution in [0.5, 0.6) is 0 Å². The standard InChI is InChI=1S/C19H18N2O/c1-19(2,3)17-6-4-15(5-7-17)18(22)16(13-20)12-14-8-10-21-11-9-14/h4-12H,1-3H3/b16-12+. The molecule has 1 heterocycles. The Labute approximate surface area is 130 Å². The maximum absolute atomic E-state index is 12.4. The average molecular weight is 290 g/mol. The number of carbonyl (C=O) groups is 1. The average Bonchev–Trinajstić information content (AvgIpc) is 2.52. The van der Waals surface area contributed by atoms with Gasteiger partial charge >= 0.3 is 0 Å². The number of hydrogen-bond acceptors (Lipinski definition) is 3. The quantitative estimate of drug-likeness (QED) is 0.484. The number of nitriles is 1. The molecule has 3 heteroatoms. The Hall–Kier alpha value is -2.73. The summed E-state index contributed by atoms with van der Waals surface area (Å²) < 4.78 is 0. The normalized spacial score (nSPS) is 11.8. The van der Waals surface area contributed by atoms with Crippen LogP contribution in [0.25, 0.3) is 6.08 Å². The molecule has 22 heavy (non-hydrogen) atoms. The first-order valence-electron chi connectivity index (χ1n) is 7.09. The summed E-state index contributed by atoms with van der Waals surface area (Å²) in [5, 5.41) is 9.25. The molecule has 0 radical (unpaired) electrons. The van der Waals surface area contributed by atoms with Crippen molar-refractivity contribution in [2.24, 2.45) is 0 Å². The lowest BCUT2D eigenvalue weighted by Gasteiger charge is -2.18. The van der Waals surface area contributed by atoms with Crippen LogP contribution in [-0.2, 0) is 5.41 Å². The van der Waals surface area contributed by atoms with E-state index in [4.69, 9.17) is 0 Å². The fourth-order valence-electron chi connectivity index (χ4n) is 2.05. The van der Waals surface area contributed by atoms with Gasteiger partial charge < -0.3 is 0 Å². The minimum absolute atomic E-state index is 0.0342. The number of carbonyl (C=O) groups excluding carboxylic acids is 1. The van der Waals surface area contributed by atoms with E-state index < -0.39 is 0 Å². The largest absolute Gasteiger partial charge is 0.288 e. The number of pyridine rings is 1. The van der Waals surface area contributed by atoms with Crippen molar-refractivity contribution in [2.75, 3.05) is 0 Å². The number of ketones is 1. The van der Waals surface area contributed by atoms with Gasteiger partial charge in [-0.3, -0.25) is 9.78 Å². The van der Waals surface area contributed by atoms with Gasteiger partial charge in [-0.05, 0) is 34.8 Å². The van der Waals surface area contributed by atoms with E-state index in [1.54, 1.807) is 42.7 Å². The molecule has 0 atom stereocenters. The molecule has 0 spiro atoms. The highest BCUT2D eigenvalue weighted by Gasteiger charge is 2.16. The number of Topliss-reactive ketones (excluding diaryl/α,β-unsaturated/α-hetero) is 1. The Balaban J connectivity index is 2.30. The van der Waals surface area contributed by atoms with E-state index >= 15 is 0 Å².